The molecule has 1 fully saturated rings. The summed E-state index contributed by atoms with van der Waals surface area (Å²) in [5.41, 5.74) is 2.89. The van der Waals surface area contributed by atoms with Gasteiger partial charge in [-0.05, 0) is 44.2 Å². The van der Waals surface area contributed by atoms with Gasteiger partial charge in [-0.15, -0.1) is 0 Å². The Morgan fingerprint density at radius 3 is 2.68 bits per heavy atom. The standard InChI is InChI=1S/C20H29N5/c1-3-21-19(22-12-7-13-25-15-17(2)14-24-25)23-16-20(10-11-20)18-8-5-4-6-9-18/h4-6,8-9,14-15H,3,7,10-13,16H2,1-2H3,(H2,21,22,23). The van der Waals surface area contributed by atoms with E-state index in [1.807, 2.05) is 10.9 Å². The van der Waals surface area contributed by atoms with Crippen molar-refractivity contribution in [2.75, 3.05) is 19.6 Å². The number of benzene rings is 1. The van der Waals surface area contributed by atoms with Crippen molar-refractivity contribution >= 4 is 5.96 Å². The number of guanidine groups is 1. The van der Waals surface area contributed by atoms with Crippen LogP contribution in [0.25, 0.3) is 0 Å². The van der Waals surface area contributed by atoms with E-state index in [1.54, 1.807) is 0 Å². The Hall–Kier alpha value is -2.30. The minimum absolute atomic E-state index is 0.260. The van der Waals surface area contributed by atoms with Crippen molar-refractivity contribution in [2.24, 2.45) is 4.99 Å². The number of nitrogens with one attached hydrogen (secondary N) is 2. The summed E-state index contributed by atoms with van der Waals surface area (Å²) in [5, 5.41) is 11.1. The van der Waals surface area contributed by atoms with Gasteiger partial charge in [0, 0.05) is 31.2 Å². The lowest BCUT2D eigenvalue weighted by Crippen LogP contribution is -2.38. The van der Waals surface area contributed by atoms with Crippen LogP contribution in [-0.2, 0) is 12.0 Å². The van der Waals surface area contributed by atoms with Crippen LogP contribution >= 0.6 is 0 Å². The second-order valence-corrected chi connectivity index (χ2v) is 6.90. The summed E-state index contributed by atoms with van der Waals surface area (Å²) in [6.07, 6.45) is 7.47. The quantitative estimate of drug-likeness (QED) is 0.442. The van der Waals surface area contributed by atoms with E-state index >= 15 is 0 Å². The van der Waals surface area contributed by atoms with Gasteiger partial charge in [0.2, 0.25) is 0 Å². The fraction of sp³-hybridized carbons (Fsp3) is 0.500. The molecule has 0 atom stereocenters. The molecule has 1 aromatic carbocycles. The number of aromatic nitrogens is 2. The van der Waals surface area contributed by atoms with Crippen molar-refractivity contribution in [3.63, 3.8) is 0 Å². The van der Waals surface area contributed by atoms with E-state index < -0.39 is 0 Å². The van der Waals surface area contributed by atoms with Gasteiger partial charge in [0.15, 0.2) is 5.96 Å². The normalized spacial score (nSPS) is 15.8. The predicted molar refractivity (Wildman–Crippen MR) is 103 cm³/mol. The molecule has 2 aromatic rings. The molecule has 0 aliphatic heterocycles. The lowest BCUT2D eigenvalue weighted by atomic mass is 9.96. The summed E-state index contributed by atoms with van der Waals surface area (Å²) in [5.74, 6) is 0.918. The molecule has 0 spiro atoms. The minimum Gasteiger partial charge on any atom is -0.357 e. The van der Waals surface area contributed by atoms with Gasteiger partial charge in [-0.3, -0.25) is 9.67 Å². The second-order valence-electron chi connectivity index (χ2n) is 6.90. The Morgan fingerprint density at radius 2 is 2.04 bits per heavy atom. The van der Waals surface area contributed by atoms with Crippen LogP contribution in [0.3, 0.4) is 0 Å². The first-order valence-electron chi connectivity index (χ1n) is 9.29. The molecule has 1 aliphatic rings. The molecule has 0 amide bonds. The van der Waals surface area contributed by atoms with E-state index in [9.17, 15) is 0 Å². The third kappa shape index (κ3) is 4.84. The molecule has 1 aliphatic carbocycles. The van der Waals surface area contributed by atoms with E-state index in [0.717, 1.165) is 38.6 Å². The summed E-state index contributed by atoms with van der Waals surface area (Å²) < 4.78 is 2.00. The lowest BCUT2D eigenvalue weighted by Gasteiger charge is -2.16. The average Bonchev–Trinajstić information content (AvgIpc) is 3.32. The maximum atomic E-state index is 4.84. The van der Waals surface area contributed by atoms with Crippen molar-refractivity contribution in [3.8, 4) is 0 Å². The Kier molecular flexibility index (Phi) is 5.74. The van der Waals surface area contributed by atoms with E-state index in [0.29, 0.717) is 0 Å². The Balaban J connectivity index is 1.49. The predicted octanol–water partition coefficient (Wildman–Crippen LogP) is 2.87. The Labute approximate surface area is 150 Å². The van der Waals surface area contributed by atoms with Gasteiger partial charge in [-0.25, -0.2) is 0 Å². The van der Waals surface area contributed by atoms with Crippen molar-refractivity contribution < 1.29 is 0 Å². The van der Waals surface area contributed by atoms with Crippen molar-refractivity contribution in [2.45, 2.75) is 45.1 Å². The van der Waals surface area contributed by atoms with Crippen LogP contribution in [0.1, 0.15) is 37.3 Å². The summed E-state index contributed by atoms with van der Waals surface area (Å²) in [7, 11) is 0. The first-order chi connectivity index (χ1) is 12.2. The highest BCUT2D eigenvalue weighted by atomic mass is 15.3. The van der Waals surface area contributed by atoms with Gasteiger partial charge in [0.1, 0.15) is 0 Å². The van der Waals surface area contributed by atoms with Crippen molar-refractivity contribution in [1.82, 2.24) is 20.4 Å². The third-order valence-electron chi connectivity index (χ3n) is 4.74. The summed E-state index contributed by atoms with van der Waals surface area (Å²) in [4.78, 5) is 4.84. The van der Waals surface area contributed by atoms with Crippen LogP contribution < -0.4 is 10.6 Å². The fourth-order valence-electron chi connectivity index (χ4n) is 3.09. The molecular formula is C20H29N5. The lowest BCUT2D eigenvalue weighted by molar-refractivity contribution is 0.569. The molecule has 1 heterocycles. The fourth-order valence-corrected chi connectivity index (χ4v) is 3.09. The monoisotopic (exact) mass is 339 g/mol. The van der Waals surface area contributed by atoms with Crippen LogP contribution in [0.15, 0.2) is 47.7 Å². The molecule has 0 saturated heterocycles. The highest BCUT2D eigenvalue weighted by Gasteiger charge is 2.43. The molecule has 0 unspecified atom stereocenters. The van der Waals surface area contributed by atoms with E-state index in [-0.39, 0.29) is 5.41 Å². The van der Waals surface area contributed by atoms with Crippen molar-refractivity contribution in [1.29, 1.82) is 0 Å². The Morgan fingerprint density at radius 1 is 1.24 bits per heavy atom. The highest BCUT2D eigenvalue weighted by Crippen LogP contribution is 2.48. The van der Waals surface area contributed by atoms with E-state index in [1.165, 1.54) is 24.0 Å². The minimum atomic E-state index is 0.260. The van der Waals surface area contributed by atoms with Gasteiger partial charge in [-0.2, -0.15) is 5.10 Å². The maximum Gasteiger partial charge on any atom is 0.191 e. The molecule has 2 N–H and O–H groups in total. The van der Waals surface area contributed by atoms with Gasteiger partial charge in [-0.1, -0.05) is 30.3 Å². The average molecular weight is 339 g/mol. The number of hydrogen-bond acceptors (Lipinski definition) is 2. The number of hydrogen-bond donors (Lipinski definition) is 2. The molecular weight excluding hydrogens is 310 g/mol. The van der Waals surface area contributed by atoms with E-state index in [2.05, 4.69) is 66.1 Å². The first kappa shape index (κ1) is 17.5. The zero-order chi connectivity index (χ0) is 17.5. The zero-order valence-corrected chi connectivity index (χ0v) is 15.3. The number of nitrogens with zero attached hydrogens (tertiary/aromatic N) is 3. The van der Waals surface area contributed by atoms with Crippen LogP contribution in [-0.4, -0.2) is 35.4 Å². The van der Waals surface area contributed by atoms with Crippen LogP contribution in [0.5, 0.6) is 0 Å². The van der Waals surface area contributed by atoms with Crippen LogP contribution in [0.4, 0.5) is 0 Å². The molecule has 1 saturated carbocycles. The highest BCUT2D eigenvalue weighted by molar-refractivity contribution is 5.79. The summed E-state index contributed by atoms with van der Waals surface area (Å²) in [6, 6.07) is 10.8. The maximum absolute atomic E-state index is 4.84. The molecule has 0 bridgehead atoms. The first-order valence-corrected chi connectivity index (χ1v) is 9.29. The molecule has 0 radical (unpaired) electrons. The number of aliphatic imine (C=N–C) groups is 1. The number of rotatable bonds is 8. The van der Waals surface area contributed by atoms with Gasteiger partial charge < -0.3 is 10.6 Å². The zero-order valence-electron chi connectivity index (χ0n) is 15.3. The topological polar surface area (TPSA) is 54.2 Å². The number of aryl methyl sites for hydroxylation is 2. The molecule has 5 nitrogen and oxygen atoms in total. The molecule has 1 aromatic heterocycles. The summed E-state index contributed by atoms with van der Waals surface area (Å²) >= 11 is 0. The molecule has 3 rings (SSSR count). The van der Waals surface area contributed by atoms with Crippen molar-refractivity contribution in [3.05, 3.63) is 53.9 Å². The van der Waals surface area contributed by atoms with Gasteiger partial charge in [0.25, 0.3) is 0 Å². The summed E-state index contributed by atoms with van der Waals surface area (Å²) in [6.45, 7) is 7.72. The van der Waals surface area contributed by atoms with Crippen LogP contribution in [0, 0.1) is 6.92 Å². The molecule has 134 valence electrons. The molecule has 25 heavy (non-hydrogen) atoms. The smallest absolute Gasteiger partial charge is 0.191 e. The SMILES string of the molecule is CCNC(=NCC1(c2ccccc2)CC1)NCCCn1cc(C)cn1. The van der Waals surface area contributed by atoms with E-state index in [4.69, 9.17) is 4.99 Å². The van der Waals surface area contributed by atoms with Gasteiger partial charge in [0.05, 0.1) is 12.7 Å². The Bertz CT molecular complexity index is 685. The largest absolute Gasteiger partial charge is 0.357 e. The molecule has 5 heteroatoms. The second kappa shape index (κ2) is 8.19. The van der Waals surface area contributed by atoms with Gasteiger partial charge >= 0.3 is 0 Å². The van der Waals surface area contributed by atoms with Crippen LogP contribution in [0.2, 0.25) is 0 Å². The third-order valence-corrected chi connectivity index (χ3v) is 4.74.